The first-order chi connectivity index (χ1) is 12.3. The van der Waals surface area contributed by atoms with Crippen molar-refractivity contribution >= 4 is 38.9 Å². The minimum Gasteiger partial charge on any atom is -0.326 e. The molecular weight excluding hydrogens is 354 g/mol. The zero-order valence-electron chi connectivity index (χ0n) is 14.6. The van der Waals surface area contributed by atoms with Crippen LogP contribution in [0.5, 0.6) is 0 Å². The average Bonchev–Trinajstić information content (AvgIpc) is 2.56. The van der Waals surface area contributed by atoms with Gasteiger partial charge in [-0.05, 0) is 36.4 Å². The van der Waals surface area contributed by atoms with Crippen molar-refractivity contribution in [2.24, 2.45) is 0 Å². The summed E-state index contributed by atoms with van der Waals surface area (Å²) in [5.41, 5.74) is 1.71. The van der Waals surface area contributed by atoms with Crippen molar-refractivity contribution in [3.63, 3.8) is 0 Å². The molecule has 0 saturated carbocycles. The van der Waals surface area contributed by atoms with E-state index >= 15 is 0 Å². The Bertz CT molecular complexity index is 865. The van der Waals surface area contributed by atoms with Gasteiger partial charge in [-0.1, -0.05) is 18.2 Å². The molecule has 7 nitrogen and oxygen atoms in total. The van der Waals surface area contributed by atoms with Crippen LogP contribution in [-0.4, -0.2) is 33.0 Å². The molecule has 8 heteroatoms. The lowest BCUT2D eigenvalue weighted by Crippen LogP contribution is -2.33. The highest BCUT2D eigenvalue weighted by atomic mass is 32.2. The van der Waals surface area contributed by atoms with Crippen molar-refractivity contribution < 1.29 is 18.0 Å². The second-order valence-electron chi connectivity index (χ2n) is 5.73. The van der Waals surface area contributed by atoms with Gasteiger partial charge in [0.1, 0.15) is 0 Å². The van der Waals surface area contributed by atoms with Gasteiger partial charge in [-0.15, -0.1) is 0 Å². The molecule has 0 aliphatic carbocycles. The van der Waals surface area contributed by atoms with E-state index in [0.29, 0.717) is 17.1 Å². The number of hydrogen-bond donors (Lipinski definition) is 2. The molecule has 2 rings (SSSR count). The van der Waals surface area contributed by atoms with Crippen LogP contribution in [0.4, 0.5) is 17.1 Å². The van der Waals surface area contributed by atoms with Crippen LogP contribution in [0.2, 0.25) is 0 Å². The normalized spacial score (nSPS) is 10.8. The van der Waals surface area contributed by atoms with E-state index in [9.17, 15) is 18.0 Å². The van der Waals surface area contributed by atoms with E-state index in [1.165, 1.54) is 11.2 Å². The Balaban J connectivity index is 1.97. The number of benzene rings is 2. The number of para-hydroxylation sites is 1. The molecule has 0 unspecified atom stereocenters. The summed E-state index contributed by atoms with van der Waals surface area (Å²) in [7, 11) is -3.49. The molecule has 0 aromatic heterocycles. The number of sulfonamides is 1. The molecule has 138 valence electrons. The molecule has 2 aromatic rings. The molecular formula is C18H21N3O4S. The third-order valence-electron chi connectivity index (χ3n) is 3.48. The van der Waals surface area contributed by atoms with Crippen LogP contribution in [0, 0.1) is 0 Å². The SMILES string of the molecule is CC(=O)Nc1ccc(NC(=O)CCN(c2ccccc2)S(C)(=O)=O)cc1. The number of hydrogen-bond acceptors (Lipinski definition) is 4. The number of anilines is 3. The molecule has 0 radical (unpaired) electrons. The number of nitrogens with one attached hydrogen (secondary N) is 2. The number of nitrogens with zero attached hydrogens (tertiary/aromatic N) is 1. The molecule has 0 spiro atoms. The predicted octanol–water partition coefficient (Wildman–Crippen LogP) is 2.44. The summed E-state index contributed by atoms with van der Waals surface area (Å²) in [6.07, 6.45) is 1.12. The van der Waals surface area contributed by atoms with Crippen molar-refractivity contribution in [3.05, 3.63) is 54.6 Å². The second-order valence-corrected chi connectivity index (χ2v) is 7.63. The minimum atomic E-state index is -3.49. The van der Waals surface area contributed by atoms with E-state index in [4.69, 9.17) is 0 Å². The summed E-state index contributed by atoms with van der Waals surface area (Å²) in [5.74, 6) is -0.481. The number of rotatable bonds is 7. The van der Waals surface area contributed by atoms with Gasteiger partial charge >= 0.3 is 0 Å². The van der Waals surface area contributed by atoms with Gasteiger partial charge in [-0.3, -0.25) is 13.9 Å². The summed E-state index contributed by atoms with van der Waals surface area (Å²) in [6, 6.07) is 15.3. The monoisotopic (exact) mass is 375 g/mol. The maximum Gasteiger partial charge on any atom is 0.232 e. The third-order valence-corrected chi connectivity index (χ3v) is 4.67. The van der Waals surface area contributed by atoms with Gasteiger partial charge in [0.05, 0.1) is 11.9 Å². The first-order valence-electron chi connectivity index (χ1n) is 7.96. The fourth-order valence-corrected chi connectivity index (χ4v) is 3.27. The summed E-state index contributed by atoms with van der Waals surface area (Å²) in [5, 5.41) is 5.34. The summed E-state index contributed by atoms with van der Waals surface area (Å²) < 4.78 is 25.2. The molecule has 0 bridgehead atoms. The van der Waals surface area contributed by atoms with Gasteiger partial charge in [0.25, 0.3) is 0 Å². The van der Waals surface area contributed by atoms with Crippen molar-refractivity contribution in [1.29, 1.82) is 0 Å². The van der Waals surface area contributed by atoms with Gasteiger partial charge < -0.3 is 10.6 Å². The van der Waals surface area contributed by atoms with Gasteiger partial charge in [0.2, 0.25) is 21.8 Å². The zero-order chi connectivity index (χ0) is 19.2. The largest absolute Gasteiger partial charge is 0.326 e. The quantitative estimate of drug-likeness (QED) is 0.777. The zero-order valence-corrected chi connectivity index (χ0v) is 15.4. The second kappa shape index (κ2) is 8.48. The van der Waals surface area contributed by atoms with Crippen molar-refractivity contribution in [1.82, 2.24) is 0 Å². The number of carbonyl (C=O) groups excluding carboxylic acids is 2. The third kappa shape index (κ3) is 5.89. The standard InChI is InChI=1S/C18H21N3O4S/c1-14(22)19-15-8-10-16(11-9-15)20-18(23)12-13-21(26(2,24)25)17-6-4-3-5-7-17/h3-11H,12-13H2,1-2H3,(H,19,22)(H,20,23). The lowest BCUT2D eigenvalue weighted by Gasteiger charge is -2.22. The Morgan fingerprint density at radius 2 is 1.46 bits per heavy atom. The maximum atomic E-state index is 12.1. The molecule has 0 saturated heterocycles. The molecule has 2 aromatic carbocycles. The van der Waals surface area contributed by atoms with E-state index in [2.05, 4.69) is 10.6 Å². The fourth-order valence-electron chi connectivity index (χ4n) is 2.35. The van der Waals surface area contributed by atoms with Gasteiger partial charge in [-0.2, -0.15) is 0 Å². The van der Waals surface area contributed by atoms with Crippen molar-refractivity contribution in [2.75, 3.05) is 27.7 Å². The Morgan fingerprint density at radius 3 is 1.96 bits per heavy atom. The van der Waals surface area contributed by atoms with E-state index in [-0.39, 0.29) is 24.8 Å². The smallest absolute Gasteiger partial charge is 0.232 e. The highest BCUT2D eigenvalue weighted by molar-refractivity contribution is 7.92. The first-order valence-corrected chi connectivity index (χ1v) is 9.81. The molecule has 0 fully saturated rings. The Hall–Kier alpha value is -2.87. The van der Waals surface area contributed by atoms with Crippen LogP contribution in [0.3, 0.4) is 0 Å². The van der Waals surface area contributed by atoms with Crippen LogP contribution in [0.15, 0.2) is 54.6 Å². The molecule has 26 heavy (non-hydrogen) atoms. The topological polar surface area (TPSA) is 95.6 Å². The van der Waals surface area contributed by atoms with Crippen LogP contribution >= 0.6 is 0 Å². The average molecular weight is 375 g/mol. The van der Waals surface area contributed by atoms with Gasteiger partial charge in [0.15, 0.2) is 0 Å². The van der Waals surface area contributed by atoms with Gasteiger partial charge in [-0.25, -0.2) is 8.42 Å². The fraction of sp³-hybridized carbons (Fsp3) is 0.222. The number of carbonyl (C=O) groups is 2. The maximum absolute atomic E-state index is 12.1. The highest BCUT2D eigenvalue weighted by Crippen LogP contribution is 2.18. The Labute approximate surface area is 153 Å². The van der Waals surface area contributed by atoms with Crippen LogP contribution in [-0.2, 0) is 19.6 Å². The molecule has 2 N–H and O–H groups in total. The first kappa shape index (κ1) is 19.5. The van der Waals surface area contributed by atoms with Gasteiger partial charge in [0, 0.05) is 31.3 Å². The van der Waals surface area contributed by atoms with Crippen molar-refractivity contribution in [3.8, 4) is 0 Å². The van der Waals surface area contributed by atoms with E-state index < -0.39 is 10.0 Å². The van der Waals surface area contributed by atoms with Crippen LogP contribution < -0.4 is 14.9 Å². The molecule has 2 amide bonds. The lowest BCUT2D eigenvalue weighted by atomic mass is 10.2. The van der Waals surface area contributed by atoms with Crippen molar-refractivity contribution in [2.45, 2.75) is 13.3 Å². The van der Waals surface area contributed by atoms with E-state index in [1.807, 2.05) is 0 Å². The van der Waals surface area contributed by atoms with Crippen LogP contribution in [0.25, 0.3) is 0 Å². The summed E-state index contributed by atoms with van der Waals surface area (Å²) in [6.45, 7) is 1.45. The Kier molecular flexibility index (Phi) is 6.35. The van der Waals surface area contributed by atoms with E-state index in [1.54, 1.807) is 54.6 Å². The summed E-state index contributed by atoms with van der Waals surface area (Å²) >= 11 is 0. The molecule has 0 heterocycles. The molecule has 0 aliphatic rings. The minimum absolute atomic E-state index is 0.00934. The Morgan fingerprint density at radius 1 is 0.923 bits per heavy atom. The lowest BCUT2D eigenvalue weighted by molar-refractivity contribution is -0.116. The highest BCUT2D eigenvalue weighted by Gasteiger charge is 2.18. The summed E-state index contributed by atoms with van der Waals surface area (Å²) in [4.78, 5) is 23.1. The van der Waals surface area contributed by atoms with E-state index in [0.717, 1.165) is 6.26 Å². The molecule has 0 atom stereocenters. The number of amides is 2. The predicted molar refractivity (Wildman–Crippen MR) is 103 cm³/mol. The van der Waals surface area contributed by atoms with Crippen LogP contribution in [0.1, 0.15) is 13.3 Å². The molecule has 0 aliphatic heterocycles.